The van der Waals surface area contributed by atoms with Crippen molar-refractivity contribution in [3.8, 4) is 0 Å². The van der Waals surface area contributed by atoms with Crippen molar-refractivity contribution < 1.29 is 29.2 Å². The third-order valence-corrected chi connectivity index (χ3v) is 4.11. The normalized spacial score (nSPS) is 20.0. The Labute approximate surface area is 58.2 Å². The zero-order chi connectivity index (χ0) is 8.58. The molecule has 0 aromatic rings. The van der Waals surface area contributed by atoms with Crippen LogP contribution >= 0.6 is 16.0 Å². The molecule has 2 unspecified atom stereocenters. The zero-order valence-electron chi connectivity index (χ0n) is 5.04. The van der Waals surface area contributed by atoms with E-state index in [2.05, 4.69) is 0 Å². The quantitative estimate of drug-likeness (QED) is 0.361. The molecule has 6 nitrogen and oxygen atoms in total. The van der Waals surface area contributed by atoms with Crippen molar-refractivity contribution in [3.63, 3.8) is 0 Å². The van der Waals surface area contributed by atoms with Gasteiger partial charge in [0.05, 0.1) is 6.92 Å². The molecule has 0 rings (SSSR count). The molecule has 0 aliphatic carbocycles. The fourth-order valence-corrected chi connectivity index (χ4v) is 1.03. The SMILES string of the molecule is CC(O)([P+](=O)O)[P+](O)(O)O. The molecule has 60 valence electrons. The highest BCUT2D eigenvalue weighted by Gasteiger charge is 2.70. The second-order valence-corrected chi connectivity index (χ2v) is 5.59. The lowest BCUT2D eigenvalue weighted by Crippen LogP contribution is -2.22. The summed E-state index contributed by atoms with van der Waals surface area (Å²) >= 11 is 0. The van der Waals surface area contributed by atoms with Gasteiger partial charge >= 0.3 is 21.1 Å². The smallest absolute Gasteiger partial charge is 0.310 e. The van der Waals surface area contributed by atoms with E-state index in [0.717, 1.165) is 0 Å². The van der Waals surface area contributed by atoms with Crippen molar-refractivity contribution in [2.24, 2.45) is 0 Å². The van der Waals surface area contributed by atoms with Gasteiger partial charge in [-0.15, -0.1) is 0 Å². The van der Waals surface area contributed by atoms with E-state index in [4.69, 9.17) is 24.7 Å². The van der Waals surface area contributed by atoms with Crippen LogP contribution in [0.4, 0.5) is 0 Å². The first-order valence-corrected chi connectivity index (χ1v) is 5.01. The Morgan fingerprint density at radius 3 is 1.70 bits per heavy atom. The summed E-state index contributed by atoms with van der Waals surface area (Å²) in [5.41, 5.74) is 0. The van der Waals surface area contributed by atoms with Crippen molar-refractivity contribution in [2.75, 3.05) is 0 Å². The van der Waals surface area contributed by atoms with Crippen molar-refractivity contribution in [3.05, 3.63) is 0 Å². The molecule has 10 heavy (non-hydrogen) atoms. The van der Waals surface area contributed by atoms with Crippen molar-refractivity contribution in [2.45, 2.75) is 12.0 Å². The second-order valence-electron chi connectivity index (χ2n) is 1.81. The molecule has 0 saturated heterocycles. The summed E-state index contributed by atoms with van der Waals surface area (Å²) in [4.78, 5) is 33.3. The highest BCUT2D eigenvalue weighted by atomic mass is 31.2. The maximum atomic E-state index is 10.1. The molecule has 0 amide bonds. The van der Waals surface area contributed by atoms with Gasteiger partial charge < -0.3 is 5.11 Å². The summed E-state index contributed by atoms with van der Waals surface area (Å²) in [5.74, 6) is 0. The Kier molecular flexibility index (Phi) is 2.85. The molecule has 0 aromatic heterocycles. The summed E-state index contributed by atoms with van der Waals surface area (Å²) in [5, 5.41) is 5.97. The van der Waals surface area contributed by atoms with Gasteiger partial charge in [-0.1, -0.05) is 0 Å². The van der Waals surface area contributed by atoms with E-state index >= 15 is 0 Å². The Balaban J connectivity index is 4.57. The van der Waals surface area contributed by atoms with E-state index < -0.39 is 21.1 Å². The van der Waals surface area contributed by atoms with Gasteiger partial charge in [0.2, 0.25) is 0 Å². The average molecular weight is 190 g/mol. The van der Waals surface area contributed by atoms with Gasteiger partial charge in [0.25, 0.3) is 0 Å². The first kappa shape index (κ1) is 10.3. The van der Waals surface area contributed by atoms with Crippen LogP contribution in [-0.2, 0) is 4.57 Å². The van der Waals surface area contributed by atoms with E-state index in [9.17, 15) is 4.57 Å². The monoisotopic (exact) mass is 190 g/mol. The minimum atomic E-state index is -4.65. The number of rotatable bonds is 2. The van der Waals surface area contributed by atoms with E-state index in [-0.39, 0.29) is 0 Å². The molecule has 8 heteroatoms. The molecular weight excluding hydrogens is 182 g/mol. The minimum absolute atomic E-state index is 0.666. The third kappa shape index (κ3) is 1.90. The maximum absolute atomic E-state index is 10.1. The maximum Gasteiger partial charge on any atom is 0.593 e. The van der Waals surface area contributed by atoms with Crippen LogP contribution in [0.25, 0.3) is 0 Å². The Hall–Kier alpha value is 0.330. The molecular formula is C2H8O6P2+2. The minimum Gasteiger partial charge on any atom is -0.310 e. The standard InChI is InChI=1S/C2H7O6P2/c1-2(3,9(4)5)10(6,7)8/h3,6-8H,1H3/q+1/p+1. The molecule has 0 spiro atoms. The number of aliphatic hydroxyl groups is 1. The summed E-state index contributed by atoms with van der Waals surface area (Å²) < 4.78 is 10.1. The van der Waals surface area contributed by atoms with E-state index in [1.165, 1.54) is 0 Å². The summed E-state index contributed by atoms with van der Waals surface area (Å²) in [7, 11) is -7.88. The Morgan fingerprint density at radius 2 is 1.70 bits per heavy atom. The Morgan fingerprint density at radius 1 is 1.40 bits per heavy atom. The third-order valence-electron chi connectivity index (χ3n) is 0.931. The predicted molar refractivity (Wildman–Crippen MR) is 34.0 cm³/mol. The van der Waals surface area contributed by atoms with Gasteiger partial charge in [-0.3, -0.25) is 0 Å². The molecule has 0 heterocycles. The van der Waals surface area contributed by atoms with Gasteiger partial charge in [-0.25, -0.2) is 0 Å². The number of hydrogen-bond acceptors (Lipinski definition) is 5. The van der Waals surface area contributed by atoms with E-state index in [0.29, 0.717) is 6.92 Å². The zero-order valence-corrected chi connectivity index (χ0v) is 6.83. The van der Waals surface area contributed by atoms with Crippen LogP contribution in [0, 0.1) is 0 Å². The van der Waals surface area contributed by atoms with Gasteiger partial charge in [0, 0.05) is 0 Å². The highest BCUT2D eigenvalue weighted by molar-refractivity contribution is 7.71. The molecule has 0 fully saturated rings. The van der Waals surface area contributed by atoms with Crippen LogP contribution in [0.2, 0.25) is 0 Å². The van der Waals surface area contributed by atoms with Gasteiger partial charge in [-0.2, -0.15) is 19.6 Å². The summed E-state index contributed by atoms with van der Waals surface area (Å²) in [6, 6.07) is 0. The van der Waals surface area contributed by atoms with Crippen LogP contribution in [0.15, 0.2) is 0 Å². The lowest BCUT2D eigenvalue weighted by atomic mass is 10.9. The van der Waals surface area contributed by atoms with E-state index in [1.807, 2.05) is 0 Å². The van der Waals surface area contributed by atoms with Gasteiger partial charge in [0.1, 0.15) is 0 Å². The van der Waals surface area contributed by atoms with E-state index in [1.54, 1.807) is 0 Å². The highest BCUT2D eigenvalue weighted by Crippen LogP contribution is 2.65. The molecule has 0 aliphatic rings. The fraction of sp³-hybridized carbons (Fsp3) is 1.00. The van der Waals surface area contributed by atoms with Gasteiger partial charge in [-0.05, 0) is 4.57 Å². The van der Waals surface area contributed by atoms with Crippen molar-refractivity contribution in [1.82, 2.24) is 0 Å². The molecule has 5 N–H and O–H groups in total. The van der Waals surface area contributed by atoms with Crippen LogP contribution in [-0.4, -0.2) is 29.8 Å². The molecule has 0 bridgehead atoms. The first-order valence-electron chi connectivity index (χ1n) is 2.15. The fourth-order valence-electron chi connectivity index (χ4n) is 0.115. The molecule has 0 radical (unpaired) electrons. The Bertz CT molecular complexity index is 146. The van der Waals surface area contributed by atoms with Crippen LogP contribution < -0.4 is 0 Å². The van der Waals surface area contributed by atoms with Crippen molar-refractivity contribution in [1.29, 1.82) is 0 Å². The number of hydrogen-bond donors (Lipinski definition) is 5. The topological polar surface area (TPSA) is 118 Å². The van der Waals surface area contributed by atoms with Crippen LogP contribution in [0.3, 0.4) is 0 Å². The molecule has 2 atom stereocenters. The lowest BCUT2D eigenvalue weighted by molar-refractivity contribution is 0.153. The van der Waals surface area contributed by atoms with Gasteiger partial charge in [0.15, 0.2) is 0 Å². The van der Waals surface area contributed by atoms with Crippen LogP contribution in [0.5, 0.6) is 0 Å². The van der Waals surface area contributed by atoms with Crippen molar-refractivity contribution >= 4 is 16.0 Å². The molecule has 0 aromatic carbocycles. The molecule has 0 aliphatic heterocycles. The summed E-state index contributed by atoms with van der Waals surface area (Å²) in [6.45, 7) is 0.666. The summed E-state index contributed by atoms with van der Waals surface area (Å²) in [6.07, 6.45) is 0. The molecule has 0 saturated carbocycles. The largest absolute Gasteiger partial charge is 0.593 e. The lowest BCUT2D eigenvalue weighted by Gasteiger charge is -2.08. The average Bonchev–Trinajstić information content (AvgIpc) is 1.62. The van der Waals surface area contributed by atoms with Crippen LogP contribution in [0.1, 0.15) is 6.92 Å². The predicted octanol–water partition coefficient (Wildman–Crippen LogP) is -0.873. The first-order chi connectivity index (χ1) is 4.19. The second kappa shape index (κ2) is 2.75.